The number of rotatable bonds is 5. The molecular weight excluding hydrogens is 348 g/mol. The molecule has 134 valence electrons. The van der Waals surface area contributed by atoms with Crippen molar-refractivity contribution in [2.24, 2.45) is 4.99 Å². The van der Waals surface area contributed by atoms with Crippen LogP contribution >= 0.6 is 11.8 Å². The van der Waals surface area contributed by atoms with Crippen molar-refractivity contribution in [3.05, 3.63) is 54.6 Å². The fourth-order valence-corrected chi connectivity index (χ4v) is 2.80. The first kappa shape index (κ1) is 17.9. The SMILES string of the molecule is COc1ccc(-c2cc(N=C(Nc3ccccc3)SC)n[nH]2)cc1OC. The molecule has 1 aromatic heterocycles. The van der Waals surface area contributed by atoms with Gasteiger partial charge in [-0.1, -0.05) is 30.0 Å². The van der Waals surface area contributed by atoms with Gasteiger partial charge in [0.1, 0.15) is 0 Å². The topological polar surface area (TPSA) is 71.5 Å². The van der Waals surface area contributed by atoms with Crippen molar-refractivity contribution in [2.45, 2.75) is 0 Å². The van der Waals surface area contributed by atoms with Crippen molar-refractivity contribution in [2.75, 3.05) is 25.8 Å². The van der Waals surface area contributed by atoms with Crippen LogP contribution in [0.1, 0.15) is 0 Å². The first-order chi connectivity index (χ1) is 12.7. The molecular formula is C19H20N4O2S. The number of nitrogens with one attached hydrogen (secondary N) is 2. The van der Waals surface area contributed by atoms with Crippen LogP contribution in [0.2, 0.25) is 0 Å². The number of anilines is 1. The number of aromatic nitrogens is 2. The number of benzene rings is 2. The Morgan fingerprint density at radius 3 is 2.50 bits per heavy atom. The minimum atomic E-state index is 0.600. The minimum Gasteiger partial charge on any atom is -0.493 e. The highest BCUT2D eigenvalue weighted by Gasteiger charge is 2.09. The van der Waals surface area contributed by atoms with E-state index in [1.807, 2.05) is 60.9 Å². The summed E-state index contributed by atoms with van der Waals surface area (Å²) in [6, 6.07) is 17.5. The van der Waals surface area contributed by atoms with E-state index in [0.29, 0.717) is 17.3 Å². The first-order valence-corrected chi connectivity index (χ1v) is 9.18. The van der Waals surface area contributed by atoms with Gasteiger partial charge in [-0.15, -0.1) is 0 Å². The van der Waals surface area contributed by atoms with Crippen LogP contribution in [-0.4, -0.2) is 35.8 Å². The molecule has 0 aliphatic carbocycles. The van der Waals surface area contributed by atoms with Crippen molar-refractivity contribution in [3.8, 4) is 22.8 Å². The number of hydrogen-bond donors (Lipinski definition) is 2. The van der Waals surface area contributed by atoms with Crippen LogP contribution in [0, 0.1) is 0 Å². The Labute approximate surface area is 156 Å². The largest absolute Gasteiger partial charge is 0.493 e. The molecule has 3 aromatic rings. The summed E-state index contributed by atoms with van der Waals surface area (Å²) in [7, 11) is 3.23. The van der Waals surface area contributed by atoms with Crippen LogP contribution in [-0.2, 0) is 0 Å². The smallest absolute Gasteiger partial charge is 0.176 e. The molecule has 0 fully saturated rings. The Bertz CT molecular complexity index is 894. The van der Waals surface area contributed by atoms with Crippen molar-refractivity contribution in [1.82, 2.24) is 10.2 Å². The molecule has 0 aliphatic heterocycles. The number of H-pyrrole nitrogens is 1. The fourth-order valence-electron chi connectivity index (χ4n) is 2.39. The van der Waals surface area contributed by atoms with Crippen LogP contribution in [0.4, 0.5) is 11.5 Å². The van der Waals surface area contributed by atoms with Crippen LogP contribution in [0.15, 0.2) is 59.6 Å². The van der Waals surface area contributed by atoms with Crippen LogP contribution in [0.5, 0.6) is 11.5 Å². The number of aromatic amines is 1. The van der Waals surface area contributed by atoms with Gasteiger partial charge in [0, 0.05) is 17.3 Å². The number of amidine groups is 1. The molecule has 3 rings (SSSR count). The fraction of sp³-hybridized carbons (Fsp3) is 0.158. The zero-order valence-electron chi connectivity index (χ0n) is 14.8. The van der Waals surface area contributed by atoms with Crippen molar-refractivity contribution >= 4 is 28.4 Å². The van der Waals surface area contributed by atoms with Gasteiger partial charge in [0.25, 0.3) is 0 Å². The van der Waals surface area contributed by atoms with Crippen LogP contribution in [0.25, 0.3) is 11.3 Å². The van der Waals surface area contributed by atoms with Gasteiger partial charge in [0.2, 0.25) is 0 Å². The highest BCUT2D eigenvalue weighted by Crippen LogP contribution is 2.32. The lowest BCUT2D eigenvalue weighted by Crippen LogP contribution is -2.06. The molecule has 0 amide bonds. The van der Waals surface area contributed by atoms with E-state index >= 15 is 0 Å². The lowest BCUT2D eigenvalue weighted by Gasteiger charge is -2.08. The second kappa shape index (κ2) is 8.44. The van der Waals surface area contributed by atoms with Gasteiger partial charge >= 0.3 is 0 Å². The van der Waals surface area contributed by atoms with E-state index in [1.54, 1.807) is 14.2 Å². The molecule has 0 radical (unpaired) electrons. The van der Waals surface area contributed by atoms with E-state index in [9.17, 15) is 0 Å². The summed E-state index contributed by atoms with van der Waals surface area (Å²) in [5.74, 6) is 1.95. The molecule has 0 spiro atoms. The molecule has 1 heterocycles. The third kappa shape index (κ3) is 4.18. The summed E-state index contributed by atoms with van der Waals surface area (Å²) in [5.41, 5.74) is 2.78. The van der Waals surface area contributed by atoms with Gasteiger partial charge in [-0.2, -0.15) is 5.10 Å². The summed E-state index contributed by atoms with van der Waals surface area (Å²) in [6.07, 6.45) is 1.97. The van der Waals surface area contributed by atoms with E-state index in [1.165, 1.54) is 11.8 Å². The first-order valence-electron chi connectivity index (χ1n) is 7.96. The predicted molar refractivity (Wildman–Crippen MR) is 108 cm³/mol. The highest BCUT2D eigenvalue weighted by molar-refractivity contribution is 8.13. The van der Waals surface area contributed by atoms with E-state index in [-0.39, 0.29) is 0 Å². The molecule has 6 nitrogen and oxygen atoms in total. The maximum atomic E-state index is 5.35. The van der Waals surface area contributed by atoms with Crippen LogP contribution < -0.4 is 14.8 Å². The molecule has 2 N–H and O–H groups in total. The number of ether oxygens (including phenoxy) is 2. The summed E-state index contributed by atoms with van der Waals surface area (Å²) >= 11 is 1.52. The summed E-state index contributed by atoms with van der Waals surface area (Å²) < 4.78 is 10.6. The monoisotopic (exact) mass is 368 g/mol. The molecule has 0 bridgehead atoms. The van der Waals surface area contributed by atoms with Crippen molar-refractivity contribution in [3.63, 3.8) is 0 Å². The molecule has 0 saturated heterocycles. The number of thioether (sulfide) groups is 1. The standard InChI is InChI=1S/C19H20N4O2S/c1-24-16-10-9-13(11-17(16)25-2)15-12-18(23-22-15)21-19(26-3)20-14-7-5-4-6-8-14/h4-12H,1-3H3,(H2,20,21,22,23). The summed E-state index contributed by atoms with van der Waals surface area (Å²) in [6.45, 7) is 0. The third-order valence-corrected chi connectivity index (χ3v) is 4.27. The average Bonchev–Trinajstić information content (AvgIpc) is 3.16. The molecule has 0 atom stereocenters. The van der Waals surface area contributed by atoms with Crippen LogP contribution in [0.3, 0.4) is 0 Å². The zero-order valence-corrected chi connectivity index (χ0v) is 15.6. The molecule has 0 aliphatic rings. The Balaban J connectivity index is 1.82. The Morgan fingerprint density at radius 2 is 1.81 bits per heavy atom. The number of hydrogen-bond acceptors (Lipinski definition) is 5. The zero-order chi connectivity index (χ0) is 18.4. The highest BCUT2D eigenvalue weighted by atomic mass is 32.2. The Hall–Kier alpha value is -2.93. The number of nitrogens with zero attached hydrogens (tertiary/aromatic N) is 2. The summed E-state index contributed by atoms with van der Waals surface area (Å²) in [4.78, 5) is 4.57. The molecule has 26 heavy (non-hydrogen) atoms. The third-order valence-electron chi connectivity index (χ3n) is 3.69. The van der Waals surface area contributed by atoms with Gasteiger partial charge < -0.3 is 14.8 Å². The Kier molecular flexibility index (Phi) is 5.80. The molecule has 7 heteroatoms. The number of aliphatic imine (C=N–C) groups is 1. The number of methoxy groups -OCH3 is 2. The van der Waals surface area contributed by atoms with Gasteiger partial charge in [0.05, 0.1) is 19.9 Å². The normalized spacial score (nSPS) is 11.3. The minimum absolute atomic E-state index is 0.600. The van der Waals surface area contributed by atoms with E-state index in [0.717, 1.165) is 22.1 Å². The maximum absolute atomic E-state index is 5.35. The second-order valence-electron chi connectivity index (χ2n) is 5.32. The molecule has 2 aromatic carbocycles. The Morgan fingerprint density at radius 1 is 1.04 bits per heavy atom. The quantitative estimate of drug-likeness (QED) is 0.510. The molecule has 0 unspecified atom stereocenters. The van der Waals surface area contributed by atoms with Gasteiger partial charge in [-0.3, -0.25) is 5.10 Å². The molecule has 0 saturated carbocycles. The van der Waals surface area contributed by atoms with E-state index in [2.05, 4.69) is 20.5 Å². The lowest BCUT2D eigenvalue weighted by molar-refractivity contribution is 0.355. The lowest BCUT2D eigenvalue weighted by atomic mass is 10.1. The maximum Gasteiger partial charge on any atom is 0.176 e. The van der Waals surface area contributed by atoms with Gasteiger partial charge in [-0.05, 0) is 36.6 Å². The number of para-hydroxylation sites is 1. The summed E-state index contributed by atoms with van der Waals surface area (Å²) in [5, 5.41) is 11.3. The van der Waals surface area contributed by atoms with Gasteiger partial charge in [-0.25, -0.2) is 4.99 Å². The van der Waals surface area contributed by atoms with E-state index in [4.69, 9.17) is 9.47 Å². The van der Waals surface area contributed by atoms with Crippen molar-refractivity contribution in [1.29, 1.82) is 0 Å². The average molecular weight is 368 g/mol. The van der Waals surface area contributed by atoms with E-state index < -0.39 is 0 Å². The predicted octanol–water partition coefficient (Wildman–Crippen LogP) is 4.56. The second-order valence-corrected chi connectivity index (χ2v) is 6.12. The van der Waals surface area contributed by atoms with Crippen molar-refractivity contribution < 1.29 is 9.47 Å². The van der Waals surface area contributed by atoms with Gasteiger partial charge in [0.15, 0.2) is 22.5 Å².